The highest BCUT2D eigenvalue weighted by Crippen LogP contribution is 2.75. The van der Waals surface area contributed by atoms with Crippen molar-refractivity contribution < 1.29 is 14.6 Å². The van der Waals surface area contributed by atoms with Gasteiger partial charge in [-0.2, -0.15) is 0 Å². The fraction of sp³-hybridized carbons (Fsp3) is 0.667. The van der Waals surface area contributed by atoms with Gasteiger partial charge < -0.3 is 19.6 Å². The molecule has 8 heteroatoms. The maximum absolute atomic E-state index is 12.7. The van der Waals surface area contributed by atoms with Gasteiger partial charge in [-0.15, -0.1) is 0 Å². The lowest BCUT2D eigenvalue weighted by Crippen LogP contribution is -2.70. The minimum Gasteiger partial charge on any atom is -0.508 e. The van der Waals surface area contributed by atoms with E-state index in [0.717, 1.165) is 56.2 Å². The van der Waals surface area contributed by atoms with E-state index >= 15 is 0 Å². The number of rotatable bonds is 4. The minimum absolute atomic E-state index is 0.0543. The lowest BCUT2D eigenvalue weighted by atomic mass is 9.43. The van der Waals surface area contributed by atoms with Crippen LogP contribution in [0.15, 0.2) is 24.3 Å². The molecule has 6 atom stereocenters. The highest BCUT2D eigenvalue weighted by atomic mass is 16.6. The first-order valence-electron chi connectivity index (χ1n) is 15.5. The molecule has 2 aliphatic heterocycles. The predicted octanol–water partition coefficient (Wildman–Crippen LogP) is 4.84. The highest BCUT2D eigenvalue weighted by Gasteiger charge is 2.76. The summed E-state index contributed by atoms with van der Waals surface area (Å²) in [6.07, 6.45) is 5.42. The average molecular weight is 560 g/mol. The number of likely N-dealkylation sites (tertiary alicyclic amines) is 1. The van der Waals surface area contributed by atoms with Crippen LogP contribution in [-0.4, -0.2) is 81.9 Å². The first-order valence-corrected chi connectivity index (χ1v) is 15.5. The maximum atomic E-state index is 12.7. The number of hydrogen-bond donors (Lipinski definition) is 1. The summed E-state index contributed by atoms with van der Waals surface area (Å²) in [7, 11) is 1.86. The Morgan fingerprint density at radius 3 is 2.66 bits per heavy atom. The molecule has 220 valence electrons. The zero-order valence-corrected chi connectivity index (χ0v) is 25.5. The van der Waals surface area contributed by atoms with Gasteiger partial charge in [0, 0.05) is 55.6 Å². The van der Waals surface area contributed by atoms with Gasteiger partial charge in [0.25, 0.3) is 0 Å². The van der Waals surface area contributed by atoms with E-state index in [2.05, 4.69) is 41.8 Å². The summed E-state index contributed by atoms with van der Waals surface area (Å²) < 4.78 is 5.64. The molecule has 7 rings (SSSR count). The fourth-order valence-electron chi connectivity index (χ4n) is 10.1. The third-order valence-electron chi connectivity index (χ3n) is 11.2. The Bertz CT molecular complexity index is 1370. The molecular formula is C33H45N5O3. The molecule has 1 amide bonds. The van der Waals surface area contributed by atoms with Crippen molar-refractivity contribution in [3.8, 4) is 5.75 Å². The van der Waals surface area contributed by atoms with Crippen molar-refractivity contribution in [3.63, 3.8) is 0 Å². The number of fused-ring (bicyclic) bond motifs is 1. The number of hydrogen-bond acceptors (Lipinski definition) is 7. The van der Waals surface area contributed by atoms with Gasteiger partial charge in [0.15, 0.2) is 0 Å². The molecule has 2 saturated carbocycles. The summed E-state index contributed by atoms with van der Waals surface area (Å²) in [5, 5.41) is 10.7. The number of carbonyl (C=O) groups excluding carboxylic acids is 1. The normalized spacial score (nSPS) is 33.4. The monoisotopic (exact) mass is 559 g/mol. The number of anilines is 1. The van der Waals surface area contributed by atoms with Crippen LogP contribution in [0.5, 0.6) is 5.75 Å². The lowest BCUT2D eigenvalue weighted by Gasteiger charge is -2.66. The molecule has 0 radical (unpaired) electrons. The molecule has 8 nitrogen and oxygen atoms in total. The van der Waals surface area contributed by atoms with Crippen LogP contribution in [0, 0.1) is 31.1 Å². The van der Waals surface area contributed by atoms with Crippen molar-refractivity contribution in [1.29, 1.82) is 0 Å². The second kappa shape index (κ2) is 9.06. The molecule has 0 spiro atoms. The summed E-state index contributed by atoms with van der Waals surface area (Å²) in [5.74, 6) is 2.42. The van der Waals surface area contributed by atoms with E-state index in [-0.39, 0.29) is 16.9 Å². The minimum atomic E-state index is -0.496. The number of phenolic OH excluding ortho intramolecular Hbond substituents is 1. The largest absolute Gasteiger partial charge is 0.508 e. The molecule has 5 unspecified atom stereocenters. The zero-order valence-electron chi connectivity index (χ0n) is 25.5. The number of aromatic hydroxyl groups is 1. The maximum Gasteiger partial charge on any atom is 0.410 e. The first-order chi connectivity index (χ1) is 19.4. The number of nitrogens with zero attached hydrogens (tertiary/aromatic N) is 5. The molecule has 3 aliphatic carbocycles. The van der Waals surface area contributed by atoms with Gasteiger partial charge in [0.1, 0.15) is 11.4 Å². The second-order valence-electron chi connectivity index (χ2n) is 14.6. The van der Waals surface area contributed by atoms with Crippen molar-refractivity contribution in [2.75, 3.05) is 38.1 Å². The van der Waals surface area contributed by atoms with Crippen molar-refractivity contribution >= 4 is 12.0 Å². The number of piperidine rings is 1. The first kappa shape index (κ1) is 27.0. The van der Waals surface area contributed by atoms with Gasteiger partial charge in [0.2, 0.25) is 5.95 Å². The van der Waals surface area contributed by atoms with Crippen LogP contribution in [0.1, 0.15) is 69.0 Å². The summed E-state index contributed by atoms with van der Waals surface area (Å²) >= 11 is 0. The van der Waals surface area contributed by atoms with E-state index < -0.39 is 5.60 Å². The number of aryl methyl sites for hydroxylation is 2. The van der Waals surface area contributed by atoms with Gasteiger partial charge in [-0.25, -0.2) is 14.8 Å². The van der Waals surface area contributed by atoms with E-state index in [1.807, 2.05) is 33.9 Å². The van der Waals surface area contributed by atoms with Crippen LogP contribution < -0.4 is 4.90 Å². The lowest BCUT2D eigenvalue weighted by molar-refractivity contribution is -0.0920. The molecular weight excluding hydrogens is 514 g/mol. The zero-order chi connectivity index (χ0) is 28.9. The van der Waals surface area contributed by atoms with Gasteiger partial charge in [-0.1, -0.05) is 6.07 Å². The van der Waals surface area contributed by atoms with E-state index in [0.29, 0.717) is 36.2 Å². The van der Waals surface area contributed by atoms with Crippen LogP contribution >= 0.6 is 0 Å². The molecule has 2 saturated heterocycles. The number of likely N-dealkylation sites (N-methyl/N-ethyl adjacent to an activating group) is 1. The molecule has 4 bridgehead atoms. The summed E-state index contributed by atoms with van der Waals surface area (Å²) in [5.41, 5.74) is 4.63. The number of aromatic nitrogens is 2. The summed E-state index contributed by atoms with van der Waals surface area (Å²) in [4.78, 5) is 29.5. The molecule has 3 heterocycles. The molecule has 1 N–H and O–H groups in total. The van der Waals surface area contributed by atoms with Crippen LogP contribution in [-0.2, 0) is 16.6 Å². The van der Waals surface area contributed by atoms with Gasteiger partial charge in [-0.3, -0.25) is 4.90 Å². The highest BCUT2D eigenvalue weighted by molar-refractivity contribution is 5.67. The summed E-state index contributed by atoms with van der Waals surface area (Å²) in [6.45, 7) is 13.4. The van der Waals surface area contributed by atoms with Crippen LogP contribution in [0.2, 0.25) is 0 Å². The van der Waals surface area contributed by atoms with Crippen LogP contribution in [0.3, 0.4) is 0 Å². The van der Waals surface area contributed by atoms with E-state index in [4.69, 9.17) is 14.7 Å². The molecule has 2 aromatic rings. The Kier molecular flexibility index (Phi) is 5.97. The Labute approximate surface area is 244 Å². The standard InChI is InChI=1S/C33H45N5O3/c1-20-15-21(2)35-29(34-20)38-19-23-18-32-10-9-26(38)28(23)33(32)11-12-37(14-13-36(6)30(40)41-31(3,4)5)27(32)16-22-7-8-24(39)17-25(22)33/h7-8,15,17,23,26-28,39H,9-14,16,18-19H2,1-6H3/t23-,26?,27?,28?,32?,33?/m1/s1. The number of carbonyl (C=O) groups is 1. The predicted molar refractivity (Wildman–Crippen MR) is 158 cm³/mol. The molecule has 4 fully saturated rings. The molecule has 5 aliphatic rings. The smallest absolute Gasteiger partial charge is 0.410 e. The Morgan fingerprint density at radius 2 is 1.93 bits per heavy atom. The van der Waals surface area contributed by atoms with Gasteiger partial charge in [0.05, 0.1) is 0 Å². The quantitative estimate of drug-likeness (QED) is 0.574. The van der Waals surface area contributed by atoms with E-state index in [9.17, 15) is 9.90 Å². The van der Waals surface area contributed by atoms with Crippen molar-refractivity contribution in [3.05, 3.63) is 46.8 Å². The topological polar surface area (TPSA) is 82.0 Å². The number of benzene rings is 1. The van der Waals surface area contributed by atoms with Crippen molar-refractivity contribution in [1.82, 2.24) is 19.8 Å². The van der Waals surface area contributed by atoms with Crippen LogP contribution in [0.4, 0.5) is 10.7 Å². The van der Waals surface area contributed by atoms with Gasteiger partial charge >= 0.3 is 6.09 Å². The third-order valence-corrected chi connectivity index (χ3v) is 11.2. The van der Waals surface area contributed by atoms with Crippen molar-refractivity contribution in [2.24, 2.45) is 17.3 Å². The molecule has 41 heavy (non-hydrogen) atoms. The number of phenols is 1. The Balaban J connectivity index is 1.23. The average Bonchev–Trinajstić information content (AvgIpc) is 3.33. The second-order valence-corrected chi connectivity index (χ2v) is 14.6. The van der Waals surface area contributed by atoms with Crippen molar-refractivity contribution in [2.45, 2.75) is 89.8 Å². The molecule has 1 aromatic heterocycles. The van der Waals surface area contributed by atoms with Crippen LogP contribution in [0.25, 0.3) is 0 Å². The Hall–Kier alpha value is -2.87. The third kappa shape index (κ3) is 3.92. The summed E-state index contributed by atoms with van der Waals surface area (Å²) in [6, 6.07) is 9.11. The number of ether oxygens (including phenoxy) is 1. The Morgan fingerprint density at radius 1 is 1.17 bits per heavy atom. The number of amides is 1. The van der Waals surface area contributed by atoms with Gasteiger partial charge in [-0.05, 0) is 120 Å². The van der Waals surface area contributed by atoms with E-state index in [1.54, 1.807) is 4.90 Å². The molecule has 1 aromatic carbocycles. The SMILES string of the molecule is Cc1cc(C)nc(N2C[C@H]3CC45CCC2C3C42CCN(CCN(C)C(=O)OC(C)(C)C)C5Cc3ccc(O)cc32)n1. The van der Waals surface area contributed by atoms with E-state index in [1.165, 1.54) is 24.0 Å². The fourth-order valence-corrected chi connectivity index (χ4v) is 10.1.